The van der Waals surface area contributed by atoms with Crippen molar-refractivity contribution in [1.29, 1.82) is 0 Å². The van der Waals surface area contributed by atoms with Crippen molar-refractivity contribution in [2.75, 3.05) is 12.3 Å². The first-order chi connectivity index (χ1) is 8.81. The molecule has 1 aliphatic rings. The van der Waals surface area contributed by atoms with Gasteiger partial charge >= 0.3 is 0 Å². The normalized spacial score (nSPS) is 16.1. The molecule has 2 rings (SSSR count). The van der Waals surface area contributed by atoms with Crippen molar-refractivity contribution in [3.05, 3.63) is 10.6 Å². The Morgan fingerprint density at radius 3 is 3.00 bits per heavy atom. The Hall–Kier alpha value is -0.620. The van der Waals surface area contributed by atoms with E-state index in [4.69, 9.17) is 0 Å². The van der Waals surface area contributed by atoms with E-state index in [1.165, 1.54) is 37.2 Å². The van der Waals surface area contributed by atoms with Crippen LogP contribution in [0.4, 0.5) is 0 Å². The summed E-state index contributed by atoms with van der Waals surface area (Å²) in [6, 6.07) is 0. The highest BCUT2D eigenvalue weighted by Gasteiger charge is 2.16. The zero-order chi connectivity index (χ0) is 12.8. The zero-order valence-corrected chi connectivity index (χ0v) is 12.3. The van der Waals surface area contributed by atoms with Gasteiger partial charge in [0, 0.05) is 17.5 Å². The first kappa shape index (κ1) is 13.8. The molecule has 1 heterocycles. The molecule has 1 N–H and O–H groups in total. The number of nitrogens with one attached hydrogen (secondary N) is 1. The molecule has 0 atom stereocenters. The van der Waals surface area contributed by atoms with Gasteiger partial charge in [0.1, 0.15) is 4.88 Å². The smallest absolute Gasteiger partial charge is 0.264 e. The number of aromatic nitrogens is 2. The predicted octanol–water partition coefficient (Wildman–Crippen LogP) is 2.51. The number of aryl methyl sites for hydroxylation is 1. The lowest BCUT2D eigenvalue weighted by molar-refractivity contribution is 0.0959. The summed E-state index contributed by atoms with van der Waals surface area (Å²) in [5, 5.41) is 7.72. The average Bonchev–Trinajstić information content (AvgIpc) is 3.04. The maximum absolute atomic E-state index is 11.9. The molecule has 0 aromatic carbocycles. The molecule has 1 aromatic heterocycles. The van der Waals surface area contributed by atoms with Gasteiger partial charge in [-0.1, -0.05) is 24.3 Å². The lowest BCUT2D eigenvalue weighted by atomic mass is 10.3. The molecule has 1 aliphatic carbocycles. The second-order valence-electron chi connectivity index (χ2n) is 4.44. The molecule has 1 saturated carbocycles. The van der Waals surface area contributed by atoms with Gasteiger partial charge in [-0.2, -0.15) is 11.8 Å². The summed E-state index contributed by atoms with van der Waals surface area (Å²) < 4.78 is 3.83. The van der Waals surface area contributed by atoms with Gasteiger partial charge in [-0.15, -0.1) is 5.10 Å². The quantitative estimate of drug-likeness (QED) is 0.816. The van der Waals surface area contributed by atoms with Crippen molar-refractivity contribution in [2.45, 2.75) is 44.3 Å². The van der Waals surface area contributed by atoms with Crippen molar-refractivity contribution >= 4 is 29.2 Å². The first-order valence-corrected chi connectivity index (χ1v) is 8.34. The number of amides is 1. The van der Waals surface area contributed by atoms with Crippen molar-refractivity contribution < 1.29 is 4.79 Å². The fourth-order valence-corrected chi connectivity index (χ4v) is 4.02. The van der Waals surface area contributed by atoms with E-state index in [0.717, 1.165) is 29.7 Å². The van der Waals surface area contributed by atoms with Crippen LogP contribution in [0.1, 0.15) is 48.0 Å². The lowest BCUT2D eigenvalue weighted by Crippen LogP contribution is -2.26. The maximum Gasteiger partial charge on any atom is 0.264 e. The summed E-state index contributed by atoms with van der Waals surface area (Å²) in [5.41, 5.74) is 0.806. The van der Waals surface area contributed by atoms with Gasteiger partial charge in [0.25, 0.3) is 5.91 Å². The minimum atomic E-state index is -0.0196. The molecule has 1 aromatic rings. The van der Waals surface area contributed by atoms with Gasteiger partial charge < -0.3 is 5.32 Å². The van der Waals surface area contributed by atoms with Gasteiger partial charge in [0.05, 0.1) is 5.69 Å². The van der Waals surface area contributed by atoms with E-state index >= 15 is 0 Å². The first-order valence-electron chi connectivity index (χ1n) is 6.52. The van der Waals surface area contributed by atoms with Crippen LogP contribution in [0.2, 0.25) is 0 Å². The predicted molar refractivity (Wildman–Crippen MR) is 76.3 cm³/mol. The van der Waals surface area contributed by atoms with E-state index in [1.807, 2.05) is 18.7 Å². The molecule has 0 radical (unpaired) electrons. The van der Waals surface area contributed by atoms with Crippen LogP contribution < -0.4 is 5.32 Å². The van der Waals surface area contributed by atoms with E-state index in [9.17, 15) is 4.79 Å². The highest BCUT2D eigenvalue weighted by molar-refractivity contribution is 7.99. The summed E-state index contributed by atoms with van der Waals surface area (Å²) in [4.78, 5) is 12.6. The van der Waals surface area contributed by atoms with E-state index < -0.39 is 0 Å². The topological polar surface area (TPSA) is 54.9 Å². The number of carbonyl (C=O) groups is 1. The van der Waals surface area contributed by atoms with Gasteiger partial charge in [-0.25, -0.2) is 0 Å². The molecule has 0 aliphatic heterocycles. The largest absolute Gasteiger partial charge is 0.350 e. The second kappa shape index (κ2) is 7.09. The molecule has 0 bridgehead atoms. The minimum absolute atomic E-state index is 0.0196. The number of hydrogen-bond acceptors (Lipinski definition) is 5. The highest BCUT2D eigenvalue weighted by Crippen LogP contribution is 2.28. The fourth-order valence-electron chi connectivity index (χ4n) is 2.14. The molecular formula is C12H19N3OS2. The van der Waals surface area contributed by atoms with Gasteiger partial charge in [-0.3, -0.25) is 4.79 Å². The molecule has 0 unspecified atom stereocenters. The Kier molecular flexibility index (Phi) is 5.44. The standard InChI is InChI=1S/C12H19N3OS2/c1-2-10-11(18-15-14-10)12(16)13-7-8-17-9-5-3-4-6-9/h9H,2-8H2,1H3,(H,13,16). The lowest BCUT2D eigenvalue weighted by Gasteiger charge is -2.08. The van der Waals surface area contributed by atoms with E-state index in [2.05, 4.69) is 14.9 Å². The third-order valence-corrected chi connectivity index (χ3v) is 5.29. The van der Waals surface area contributed by atoms with Crippen LogP contribution in [0.25, 0.3) is 0 Å². The Morgan fingerprint density at radius 1 is 1.50 bits per heavy atom. The molecule has 6 heteroatoms. The van der Waals surface area contributed by atoms with Crippen LogP contribution in [0, 0.1) is 0 Å². The van der Waals surface area contributed by atoms with Crippen LogP contribution >= 0.6 is 23.3 Å². The van der Waals surface area contributed by atoms with Crippen LogP contribution in [0.15, 0.2) is 0 Å². The van der Waals surface area contributed by atoms with Gasteiger partial charge in [0.15, 0.2) is 0 Å². The van der Waals surface area contributed by atoms with Gasteiger partial charge in [0.2, 0.25) is 0 Å². The summed E-state index contributed by atoms with van der Waals surface area (Å²) >= 11 is 3.18. The van der Waals surface area contributed by atoms with Gasteiger partial charge in [-0.05, 0) is 30.8 Å². The summed E-state index contributed by atoms with van der Waals surface area (Å²) in [5.74, 6) is 0.985. The fraction of sp³-hybridized carbons (Fsp3) is 0.750. The van der Waals surface area contributed by atoms with Crippen molar-refractivity contribution in [3.63, 3.8) is 0 Å². The second-order valence-corrected chi connectivity index (χ2v) is 6.60. The molecule has 0 saturated heterocycles. The van der Waals surface area contributed by atoms with Crippen LogP contribution in [-0.2, 0) is 6.42 Å². The van der Waals surface area contributed by atoms with E-state index in [1.54, 1.807) is 0 Å². The summed E-state index contributed by atoms with van der Waals surface area (Å²) in [6.45, 7) is 2.73. The molecule has 1 amide bonds. The molecular weight excluding hydrogens is 266 g/mol. The zero-order valence-electron chi connectivity index (χ0n) is 10.6. The Labute approximate surface area is 116 Å². The molecule has 100 valence electrons. The third kappa shape index (κ3) is 3.68. The number of rotatable bonds is 6. The number of nitrogens with zero attached hydrogens (tertiary/aromatic N) is 2. The Morgan fingerprint density at radius 2 is 2.28 bits per heavy atom. The Bertz CT molecular complexity index is 388. The van der Waals surface area contributed by atoms with Crippen LogP contribution in [0.5, 0.6) is 0 Å². The van der Waals surface area contributed by atoms with Crippen LogP contribution in [0.3, 0.4) is 0 Å². The average molecular weight is 285 g/mol. The summed E-state index contributed by atoms with van der Waals surface area (Å²) in [6.07, 6.45) is 6.19. The number of hydrogen-bond donors (Lipinski definition) is 1. The minimum Gasteiger partial charge on any atom is -0.350 e. The van der Waals surface area contributed by atoms with Crippen molar-refractivity contribution in [2.24, 2.45) is 0 Å². The van der Waals surface area contributed by atoms with Crippen molar-refractivity contribution in [1.82, 2.24) is 14.9 Å². The molecule has 1 fully saturated rings. The molecule has 4 nitrogen and oxygen atoms in total. The monoisotopic (exact) mass is 285 g/mol. The number of thioether (sulfide) groups is 1. The third-order valence-electron chi connectivity index (χ3n) is 3.14. The van der Waals surface area contributed by atoms with E-state index in [0.29, 0.717) is 4.88 Å². The summed E-state index contributed by atoms with van der Waals surface area (Å²) in [7, 11) is 0. The number of carbonyl (C=O) groups excluding carboxylic acids is 1. The molecule has 18 heavy (non-hydrogen) atoms. The molecule has 0 spiro atoms. The van der Waals surface area contributed by atoms with Crippen LogP contribution in [-0.4, -0.2) is 33.0 Å². The van der Waals surface area contributed by atoms with Crippen molar-refractivity contribution in [3.8, 4) is 0 Å². The highest BCUT2D eigenvalue weighted by atomic mass is 32.2. The SMILES string of the molecule is CCc1nnsc1C(=O)NCCSC1CCCC1. The maximum atomic E-state index is 11.9. The van der Waals surface area contributed by atoms with E-state index in [-0.39, 0.29) is 5.91 Å². The Balaban J connectivity index is 1.68.